The summed E-state index contributed by atoms with van der Waals surface area (Å²) < 4.78 is 5.30. The van der Waals surface area contributed by atoms with E-state index < -0.39 is 18.0 Å². The highest BCUT2D eigenvalue weighted by Gasteiger charge is 2.23. The topological polar surface area (TPSA) is 209 Å². The molecule has 0 aliphatic heterocycles. The van der Waals surface area contributed by atoms with Crippen molar-refractivity contribution in [2.24, 2.45) is 11.7 Å². The van der Waals surface area contributed by atoms with Gasteiger partial charge in [0.25, 0.3) is 0 Å². The van der Waals surface area contributed by atoms with Gasteiger partial charge in [0.15, 0.2) is 0 Å². The molecule has 0 radical (unpaired) electrons. The van der Waals surface area contributed by atoms with Gasteiger partial charge in [0.1, 0.15) is 18.6 Å². The first-order valence-corrected chi connectivity index (χ1v) is 13.8. The number of urea groups is 1. The Labute approximate surface area is 253 Å². The normalized spacial score (nSPS) is 10.7. The maximum absolute atomic E-state index is 11.9. The number of nitrogens with two attached hydrogens (primary N) is 1. The van der Waals surface area contributed by atoms with Crippen molar-refractivity contribution >= 4 is 42.0 Å². The fraction of sp³-hybridized carbons (Fsp3) is 0.517. The molecule has 0 spiro atoms. The number of carbonyl (C=O) groups excluding carboxylic acids is 6. The molecule has 0 bridgehead atoms. The lowest BCUT2D eigenvalue weighted by Crippen LogP contribution is -2.50. The summed E-state index contributed by atoms with van der Waals surface area (Å²) in [5.41, 5.74) is 6.74. The number of aliphatic hydroxyl groups is 1. The SMILES string of the molecule is CC(C)C(NC(=O)CCOCCN(C)C(=O)/C=C\C=O)C(=O)NCC=O.CCCNC(N)=O.CNc1ccc(CO)cc1. The summed E-state index contributed by atoms with van der Waals surface area (Å²) in [5.74, 6) is -1.21. The highest BCUT2D eigenvalue weighted by molar-refractivity contribution is 5.90. The van der Waals surface area contributed by atoms with Gasteiger partial charge in [-0.05, 0) is 36.1 Å². The summed E-state index contributed by atoms with van der Waals surface area (Å²) in [5, 5.41) is 19.1. The number of likely N-dealkylation sites (N-methyl/N-ethyl adjacent to an activating group) is 1. The van der Waals surface area contributed by atoms with E-state index in [1.807, 2.05) is 38.2 Å². The Bertz CT molecular complexity index is 963. The molecule has 0 heterocycles. The van der Waals surface area contributed by atoms with Crippen LogP contribution in [0.4, 0.5) is 10.5 Å². The van der Waals surface area contributed by atoms with Gasteiger partial charge in [0.2, 0.25) is 17.7 Å². The number of rotatable bonds is 17. The molecule has 0 aliphatic rings. The number of benzene rings is 1. The van der Waals surface area contributed by atoms with Gasteiger partial charge in [-0.3, -0.25) is 19.2 Å². The Morgan fingerprint density at radius 3 is 2.19 bits per heavy atom. The number of nitrogens with one attached hydrogen (secondary N) is 4. The number of aldehydes is 2. The van der Waals surface area contributed by atoms with Crippen molar-refractivity contribution in [2.45, 2.75) is 46.3 Å². The zero-order chi connectivity index (χ0) is 33.0. The molecule has 1 unspecified atom stereocenters. The quantitative estimate of drug-likeness (QED) is 0.0817. The fourth-order valence-electron chi connectivity index (χ4n) is 2.89. The zero-order valence-electron chi connectivity index (χ0n) is 25.8. The summed E-state index contributed by atoms with van der Waals surface area (Å²) in [6.45, 7) is 6.91. The molecule has 0 saturated heterocycles. The van der Waals surface area contributed by atoms with Crippen LogP contribution in [0.1, 0.15) is 39.2 Å². The van der Waals surface area contributed by atoms with E-state index >= 15 is 0 Å². The van der Waals surface area contributed by atoms with Gasteiger partial charge in [0.05, 0.1) is 26.4 Å². The lowest BCUT2D eigenvalue weighted by molar-refractivity contribution is -0.131. The van der Waals surface area contributed by atoms with Gasteiger partial charge >= 0.3 is 6.03 Å². The highest BCUT2D eigenvalue weighted by Crippen LogP contribution is 2.07. The Morgan fingerprint density at radius 2 is 1.72 bits per heavy atom. The maximum Gasteiger partial charge on any atom is 0.312 e. The molecule has 43 heavy (non-hydrogen) atoms. The van der Waals surface area contributed by atoms with Gasteiger partial charge in [-0.2, -0.15) is 0 Å². The number of ether oxygens (including phenoxy) is 1. The third-order valence-electron chi connectivity index (χ3n) is 5.34. The van der Waals surface area contributed by atoms with Gasteiger partial charge in [0, 0.05) is 45.4 Å². The second-order valence-corrected chi connectivity index (χ2v) is 9.21. The zero-order valence-corrected chi connectivity index (χ0v) is 25.8. The molecule has 1 aromatic rings. The molecule has 0 fully saturated rings. The van der Waals surface area contributed by atoms with E-state index in [-0.39, 0.29) is 50.5 Å². The first-order chi connectivity index (χ1) is 20.5. The van der Waals surface area contributed by atoms with Crippen molar-refractivity contribution in [1.29, 1.82) is 0 Å². The lowest BCUT2D eigenvalue weighted by atomic mass is 10.0. The second kappa shape index (κ2) is 26.6. The van der Waals surface area contributed by atoms with Crippen LogP contribution in [-0.2, 0) is 35.3 Å². The van der Waals surface area contributed by atoms with Crippen molar-refractivity contribution < 1.29 is 38.6 Å². The molecule has 14 nitrogen and oxygen atoms in total. The van der Waals surface area contributed by atoms with Gasteiger partial charge < -0.3 is 46.5 Å². The molecule has 1 atom stereocenters. The molecule has 0 aromatic heterocycles. The smallest absolute Gasteiger partial charge is 0.312 e. The van der Waals surface area contributed by atoms with E-state index in [0.29, 0.717) is 25.7 Å². The first kappa shape index (κ1) is 40.8. The second-order valence-electron chi connectivity index (χ2n) is 9.21. The third kappa shape index (κ3) is 23.0. The lowest BCUT2D eigenvalue weighted by Gasteiger charge is -2.21. The minimum Gasteiger partial charge on any atom is -0.392 e. The number of carbonyl (C=O) groups is 6. The predicted molar refractivity (Wildman–Crippen MR) is 164 cm³/mol. The molecule has 7 N–H and O–H groups in total. The number of nitrogens with zero attached hydrogens (tertiary/aromatic N) is 1. The molecular formula is C29H48N6O8. The summed E-state index contributed by atoms with van der Waals surface area (Å²) in [7, 11) is 3.44. The average Bonchev–Trinajstić information content (AvgIpc) is 3.00. The van der Waals surface area contributed by atoms with Gasteiger partial charge in [-0.25, -0.2) is 4.79 Å². The number of amides is 5. The van der Waals surface area contributed by atoms with Crippen LogP contribution in [0, 0.1) is 5.92 Å². The van der Waals surface area contributed by atoms with E-state index in [1.54, 1.807) is 20.9 Å². The van der Waals surface area contributed by atoms with Gasteiger partial charge in [-0.1, -0.05) is 32.9 Å². The number of anilines is 1. The van der Waals surface area contributed by atoms with Crippen LogP contribution in [0.15, 0.2) is 36.4 Å². The number of aliphatic hydroxyl groups excluding tert-OH is 1. The Hall–Kier alpha value is -4.30. The summed E-state index contributed by atoms with van der Waals surface area (Å²) >= 11 is 0. The molecular weight excluding hydrogens is 560 g/mol. The summed E-state index contributed by atoms with van der Waals surface area (Å²) in [6, 6.07) is 6.49. The molecule has 14 heteroatoms. The Balaban J connectivity index is 0. The van der Waals surface area contributed by atoms with Crippen LogP contribution < -0.4 is 27.0 Å². The minimum atomic E-state index is -0.726. The molecule has 242 valence electrons. The molecule has 0 aliphatic carbocycles. The van der Waals surface area contributed by atoms with Crippen LogP contribution >= 0.6 is 0 Å². The average molecular weight is 609 g/mol. The van der Waals surface area contributed by atoms with Crippen LogP contribution in [-0.4, -0.2) is 99.3 Å². The fourth-order valence-corrected chi connectivity index (χ4v) is 2.89. The third-order valence-corrected chi connectivity index (χ3v) is 5.34. The predicted octanol–water partition coefficient (Wildman–Crippen LogP) is 0.348. The monoisotopic (exact) mass is 608 g/mol. The number of primary amides is 1. The number of allylic oxidation sites excluding steroid dienone is 1. The van der Waals surface area contributed by atoms with E-state index in [4.69, 9.17) is 15.6 Å². The van der Waals surface area contributed by atoms with Crippen molar-refractivity contribution in [3.8, 4) is 0 Å². The minimum absolute atomic E-state index is 0.0624. The van der Waals surface area contributed by atoms with Crippen molar-refractivity contribution in [2.75, 3.05) is 52.3 Å². The van der Waals surface area contributed by atoms with Gasteiger partial charge in [-0.15, -0.1) is 0 Å². The number of hydrogen-bond donors (Lipinski definition) is 6. The van der Waals surface area contributed by atoms with Crippen molar-refractivity contribution in [3.05, 3.63) is 42.0 Å². The number of hydrogen-bond acceptors (Lipinski definition) is 9. The first-order valence-electron chi connectivity index (χ1n) is 13.8. The van der Waals surface area contributed by atoms with E-state index in [2.05, 4.69) is 21.3 Å². The largest absolute Gasteiger partial charge is 0.392 e. The highest BCUT2D eigenvalue weighted by atomic mass is 16.5. The van der Waals surface area contributed by atoms with Crippen molar-refractivity contribution in [3.63, 3.8) is 0 Å². The molecule has 1 rings (SSSR count). The van der Waals surface area contributed by atoms with Crippen LogP contribution in [0.3, 0.4) is 0 Å². The van der Waals surface area contributed by atoms with Crippen molar-refractivity contribution in [1.82, 2.24) is 20.9 Å². The van der Waals surface area contributed by atoms with E-state index in [1.165, 1.54) is 4.90 Å². The Morgan fingerprint density at radius 1 is 1.07 bits per heavy atom. The molecule has 5 amide bonds. The molecule has 1 aromatic carbocycles. The van der Waals surface area contributed by atoms with E-state index in [0.717, 1.165) is 29.8 Å². The summed E-state index contributed by atoms with van der Waals surface area (Å²) in [4.78, 5) is 67.0. The Kier molecular flexibility index (Phi) is 25.3. The maximum atomic E-state index is 11.9. The van der Waals surface area contributed by atoms with Crippen LogP contribution in [0.5, 0.6) is 0 Å². The van der Waals surface area contributed by atoms with Crippen LogP contribution in [0.2, 0.25) is 0 Å². The van der Waals surface area contributed by atoms with E-state index in [9.17, 15) is 28.8 Å². The standard InChI is InChI=1S/C17H27N3O6.C8H11NO.C4H10N2O/c1-13(2)16(17(25)18-7-10-22)19-14(23)6-11-26-12-8-20(3)15(24)5-4-9-21;1-9-8-4-2-7(6-10)3-5-8;1-2-3-6-4(5)7/h4-5,9-10,13,16H,6-8,11-12H2,1-3H3,(H,18,25)(H,19,23);2-5,9-10H,6H2,1H3;2-3H2,1H3,(H3,5,6,7)/b5-4-;;. The van der Waals surface area contributed by atoms with Crippen LogP contribution in [0.25, 0.3) is 0 Å². The summed E-state index contributed by atoms with van der Waals surface area (Å²) in [6.07, 6.45) is 4.35. The molecule has 0 saturated carbocycles.